The average molecular weight is 893 g/mol. The minimum atomic E-state index is -0.718. The van der Waals surface area contributed by atoms with Crippen LogP contribution >= 0.6 is 0 Å². The van der Waals surface area contributed by atoms with Gasteiger partial charge in [0, 0.05) is 0 Å². The minimum absolute atomic E-state index is 0.385. The molecule has 1 spiro atoms. The van der Waals surface area contributed by atoms with E-state index in [2.05, 4.69) is 203 Å². The quantitative estimate of drug-likeness (QED) is 0.0715. The van der Waals surface area contributed by atoms with Crippen LogP contribution in [0.3, 0.4) is 0 Å². The Morgan fingerprint density at radius 3 is 0.970 bits per heavy atom. The number of fused-ring (bicyclic) bond motifs is 10. The zero-order valence-electron chi connectivity index (χ0n) is 41.8. The fourth-order valence-electron chi connectivity index (χ4n) is 9.07. The van der Waals surface area contributed by atoms with Crippen LogP contribution in [-0.4, -0.2) is 26.4 Å². The fraction of sp³-hybridized carbons (Fsp3) is 0.365. The van der Waals surface area contributed by atoms with Gasteiger partial charge in [-0.15, -0.1) is 0 Å². The molecule has 6 aromatic rings. The molecule has 0 fully saturated rings. The van der Waals surface area contributed by atoms with Crippen LogP contribution in [0.1, 0.15) is 137 Å². The Labute approximate surface area is 402 Å². The van der Waals surface area contributed by atoms with Crippen LogP contribution in [0.25, 0.3) is 46.6 Å². The molecule has 0 saturated heterocycles. The highest BCUT2D eigenvalue weighted by atomic mass is 16.5. The Kier molecular flexibility index (Phi) is 14.8. The molecule has 348 valence electrons. The van der Waals surface area contributed by atoms with Crippen LogP contribution < -0.4 is 18.9 Å². The number of ether oxygens (including phenoxy) is 4. The predicted octanol–water partition coefficient (Wildman–Crippen LogP) is 16.7. The highest BCUT2D eigenvalue weighted by molar-refractivity contribution is 5.97. The number of hydrogen-bond acceptors (Lipinski definition) is 4. The monoisotopic (exact) mass is 893 g/mol. The van der Waals surface area contributed by atoms with Crippen molar-refractivity contribution in [1.29, 1.82) is 0 Å². The third kappa shape index (κ3) is 10.0. The summed E-state index contributed by atoms with van der Waals surface area (Å²) in [5, 5.41) is 0. The molecule has 0 radical (unpaired) electrons. The highest BCUT2D eigenvalue weighted by Gasteiger charge is 2.53. The molecule has 0 N–H and O–H groups in total. The van der Waals surface area contributed by atoms with E-state index in [4.69, 9.17) is 18.9 Å². The van der Waals surface area contributed by atoms with Gasteiger partial charge in [0.05, 0.1) is 31.8 Å². The summed E-state index contributed by atoms with van der Waals surface area (Å²) in [4.78, 5) is 0. The summed E-state index contributed by atoms with van der Waals surface area (Å²) in [7, 11) is 0. The van der Waals surface area contributed by atoms with Crippen LogP contribution in [0, 0.1) is 37.5 Å². The van der Waals surface area contributed by atoms with E-state index in [1.165, 1.54) is 55.6 Å². The fourth-order valence-corrected chi connectivity index (χ4v) is 9.07. The molecular formula is C63H72O4. The zero-order chi connectivity index (χ0) is 47.2. The summed E-state index contributed by atoms with van der Waals surface area (Å²) in [6.07, 6.45) is 13.1. The van der Waals surface area contributed by atoms with Crippen LogP contribution in [-0.2, 0) is 5.41 Å². The number of benzene rings is 6. The van der Waals surface area contributed by atoms with E-state index in [-0.39, 0.29) is 0 Å². The van der Waals surface area contributed by atoms with Gasteiger partial charge in [-0.3, -0.25) is 0 Å². The largest absolute Gasteiger partial charge is 0.489 e. The lowest BCUT2D eigenvalue weighted by atomic mass is 9.70. The second-order valence-electron chi connectivity index (χ2n) is 19.8. The normalized spacial score (nSPS) is 16.4. The lowest BCUT2D eigenvalue weighted by Gasteiger charge is -2.32. The van der Waals surface area contributed by atoms with Gasteiger partial charge in [-0.1, -0.05) is 189 Å². The SMILES string of the molecule is CCC(C)COc1cc2c(cc1OCC(C)CC)C1(c3cc(C=Cc4ccc(C)cc4)ccc3-c3ccc(C=Cc4ccc(C)cc4)cc31)c1cc(OCC(C)CC)c(OCC(C)CC)cc1-2. The van der Waals surface area contributed by atoms with Crippen molar-refractivity contribution in [3.63, 3.8) is 0 Å². The predicted molar refractivity (Wildman–Crippen MR) is 283 cm³/mol. The van der Waals surface area contributed by atoms with Crippen molar-refractivity contribution in [3.8, 4) is 45.3 Å². The molecule has 4 unspecified atom stereocenters. The first-order valence-corrected chi connectivity index (χ1v) is 25.1. The maximum atomic E-state index is 6.90. The summed E-state index contributed by atoms with van der Waals surface area (Å²) in [6, 6.07) is 40.7. The molecular weight excluding hydrogens is 821 g/mol. The van der Waals surface area contributed by atoms with Crippen LogP contribution in [0.15, 0.2) is 109 Å². The van der Waals surface area contributed by atoms with E-state index in [1.807, 2.05) is 0 Å². The van der Waals surface area contributed by atoms with E-state index < -0.39 is 5.41 Å². The topological polar surface area (TPSA) is 36.9 Å². The van der Waals surface area contributed by atoms with Crippen molar-refractivity contribution in [2.45, 2.75) is 100 Å². The molecule has 4 heteroatoms. The van der Waals surface area contributed by atoms with E-state index in [0.717, 1.165) is 70.9 Å². The Morgan fingerprint density at radius 2 is 0.642 bits per heavy atom. The van der Waals surface area contributed by atoms with E-state index in [1.54, 1.807) is 0 Å². The van der Waals surface area contributed by atoms with Gasteiger partial charge >= 0.3 is 0 Å². The van der Waals surface area contributed by atoms with Gasteiger partial charge in [0.25, 0.3) is 0 Å². The molecule has 6 aromatic carbocycles. The maximum Gasteiger partial charge on any atom is 0.161 e. The van der Waals surface area contributed by atoms with Gasteiger partial charge in [0.2, 0.25) is 0 Å². The molecule has 2 aliphatic carbocycles. The molecule has 8 rings (SSSR count). The van der Waals surface area contributed by atoms with Gasteiger partial charge < -0.3 is 18.9 Å². The first-order valence-electron chi connectivity index (χ1n) is 25.1. The smallest absolute Gasteiger partial charge is 0.161 e. The Hall–Kier alpha value is -6.00. The van der Waals surface area contributed by atoms with E-state index in [9.17, 15) is 0 Å². The molecule has 0 heterocycles. The van der Waals surface area contributed by atoms with Crippen molar-refractivity contribution in [3.05, 3.63) is 165 Å². The van der Waals surface area contributed by atoms with Gasteiger partial charge in [-0.25, -0.2) is 0 Å². The van der Waals surface area contributed by atoms with Crippen LogP contribution in [0.2, 0.25) is 0 Å². The molecule has 0 aliphatic heterocycles. The van der Waals surface area contributed by atoms with Gasteiger partial charge in [-0.05, 0) is 141 Å². The number of hydrogen-bond donors (Lipinski definition) is 0. The zero-order valence-corrected chi connectivity index (χ0v) is 41.8. The van der Waals surface area contributed by atoms with Crippen molar-refractivity contribution in [2.75, 3.05) is 26.4 Å². The number of aryl methyl sites for hydroxylation is 2. The molecule has 4 atom stereocenters. The molecule has 0 saturated carbocycles. The Morgan fingerprint density at radius 1 is 0.358 bits per heavy atom. The third-order valence-electron chi connectivity index (χ3n) is 14.4. The molecule has 0 amide bonds. The van der Waals surface area contributed by atoms with Gasteiger partial charge in [0.1, 0.15) is 0 Å². The second-order valence-corrected chi connectivity index (χ2v) is 19.8. The second kappa shape index (κ2) is 20.9. The Balaban J connectivity index is 1.43. The molecule has 4 nitrogen and oxygen atoms in total. The van der Waals surface area contributed by atoms with E-state index >= 15 is 0 Å². The standard InChI is InChI=1S/C63H72O4/c1-11-41(5)37-64-59-33-53-54-34-60(65-38-42(6)12-2)62(67-40-44(8)14-4)36-58(54)63(57(53)35-61(59)66-39-43(7)13-3)55-31-49(25-23-47-19-15-45(9)16-20-47)27-29-51(55)52-30-28-50(32-56(52)63)26-24-48-21-17-46(10)18-22-48/h15-36,41-44H,11-14,37-40H2,1-10H3. The van der Waals surface area contributed by atoms with Gasteiger partial charge in [0.15, 0.2) is 23.0 Å². The van der Waals surface area contributed by atoms with Crippen molar-refractivity contribution in [1.82, 2.24) is 0 Å². The average Bonchev–Trinajstić information content (AvgIpc) is 3.79. The van der Waals surface area contributed by atoms with Crippen molar-refractivity contribution >= 4 is 24.3 Å². The third-order valence-corrected chi connectivity index (χ3v) is 14.4. The Bertz CT molecular complexity index is 2530. The van der Waals surface area contributed by atoms with Crippen LogP contribution in [0.5, 0.6) is 23.0 Å². The first-order chi connectivity index (χ1) is 32.4. The summed E-state index contributed by atoms with van der Waals surface area (Å²) in [5.41, 5.74) is 16.0. The lowest BCUT2D eigenvalue weighted by Crippen LogP contribution is -2.26. The maximum absolute atomic E-state index is 6.90. The van der Waals surface area contributed by atoms with Gasteiger partial charge in [-0.2, -0.15) is 0 Å². The van der Waals surface area contributed by atoms with Crippen molar-refractivity contribution in [2.24, 2.45) is 23.7 Å². The molecule has 0 aromatic heterocycles. The van der Waals surface area contributed by atoms with E-state index in [0.29, 0.717) is 50.1 Å². The summed E-state index contributed by atoms with van der Waals surface area (Å²) < 4.78 is 27.4. The number of rotatable bonds is 20. The summed E-state index contributed by atoms with van der Waals surface area (Å²) >= 11 is 0. The molecule has 2 aliphatic rings. The lowest BCUT2D eigenvalue weighted by molar-refractivity contribution is 0.217. The highest BCUT2D eigenvalue weighted by Crippen LogP contribution is 2.65. The van der Waals surface area contributed by atoms with Crippen molar-refractivity contribution < 1.29 is 18.9 Å². The molecule has 67 heavy (non-hydrogen) atoms. The summed E-state index contributed by atoms with van der Waals surface area (Å²) in [6.45, 7) is 24.6. The van der Waals surface area contributed by atoms with Crippen LogP contribution in [0.4, 0.5) is 0 Å². The minimum Gasteiger partial charge on any atom is -0.489 e. The first kappa shape index (κ1) is 47.5. The molecule has 0 bridgehead atoms. The summed E-state index contributed by atoms with van der Waals surface area (Å²) in [5.74, 6) is 4.71.